The molecule has 2 rings (SSSR count). The molecular formula is C14H25NO. The third-order valence-electron chi connectivity index (χ3n) is 4.38. The molecule has 0 unspecified atom stereocenters. The van der Waals surface area contributed by atoms with E-state index in [-0.39, 0.29) is 0 Å². The fourth-order valence-electron chi connectivity index (χ4n) is 3.19. The summed E-state index contributed by atoms with van der Waals surface area (Å²) in [6, 6.07) is 0. The highest BCUT2D eigenvalue weighted by molar-refractivity contribution is 5.83. The van der Waals surface area contributed by atoms with E-state index in [2.05, 4.69) is 11.9 Å². The number of ketones is 1. The van der Waals surface area contributed by atoms with E-state index in [1.54, 1.807) is 0 Å². The number of carbonyl (C=O) groups excluding carboxylic acids is 1. The molecule has 1 saturated heterocycles. The predicted octanol–water partition coefficient (Wildman–Crippen LogP) is 2.87. The van der Waals surface area contributed by atoms with Crippen LogP contribution in [0.4, 0.5) is 0 Å². The van der Waals surface area contributed by atoms with Gasteiger partial charge in [0.15, 0.2) is 0 Å². The lowest BCUT2D eigenvalue weighted by molar-refractivity contribution is -0.128. The van der Waals surface area contributed by atoms with Gasteiger partial charge in [-0.3, -0.25) is 4.79 Å². The maximum absolute atomic E-state index is 12.4. The van der Waals surface area contributed by atoms with E-state index in [1.165, 1.54) is 38.5 Å². The molecule has 0 aromatic heterocycles. The van der Waals surface area contributed by atoms with Crippen molar-refractivity contribution in [1.29, 1.82) is 0 Å². The number of rotatable bonds is 2. The Labute approximate surface area is 99.4 Å². The third kappa shape index (κ3) is 3.07. The second-order valence-corrected chi connectivity index (χ2v) is 5.67. The van der Waals surface area contributed by atoms with Crippen molar-refractivity contribution < 1.29 is 4.79 Å². The molecule has 0 amide bonds. The highest BCUT2D eigenvalue weighted by Crippen LogP contribution is 2.29. The number of Topliss-reactive ketones (excluding diaryl/α,β-unsaturated/α-hetero) is 1. The number of carbonyl (C=O) groups is 1. The van der Waals surface area contributed by atoms with E-state index in [0.717, 1.165) is 25.9 Å². The molecule has 1 aliphatic carbocycles. The lowest BCUT2D eigenvalue weighted by Crippen LogP contribution is -2.35. The van der Waals surface area contributed by atoms with Gasteiger partial charge in [-0.15, -0.1) is 0 Å². The molecule has 0 N–H and O–H groups in total. The first-order chi connectivity index (χ1) is 7.77. The van der Waals surface area contributed by atoms with Gasteiger partial charge in [0.2, 0.25) is 0 Å². The van der Waals surface area contributed by atoms with Crippen LogP contribution in [-0.4, -0.2) is 30.8 Å². The molecule has 1 heterocycles. The van der Waals surface area contributed by atoms with Gasteiger partial charge in [0.25, 0.3) is 0 Å². The Kier molecular flexibility index (Phi) is 4.39. The summed E-state index contributed by atoms with van der Waals surface area (Å²) in [4.78, 5) is 14.7. The Morgan fingerprint density at radius 2 is 1.38 bits per heavy atom. The molecule has 0 spiro atoms. The third-order valence-corrected chi connectivity index (χ3v) is 4.38. The zero-order chi connectivity index (χ0) is 11.4. The van der Waals surface area contributed by atoms with E-state index in [4.69, 9.17) is 0 Å². The predicted molar refractivity (Wildman–Crippen MR) is 66.4 cm³/mol. The molecule has 2 heteroatoms. The molecule has 1 saturated carbocycles. The Bertz CT molecular complexity index is 223. The standard InChI is InChI=1S/C14H25NO/c1-15-10-8-13(9-11-15)14(16)12-6-4-2-3-5-7-12/h12-13H,2-11H2,1H3. The molecule has 0 bridgehead atoms. The van der Waals surface area contributed by atoms with Crippen molar-refractivity contribution in [3.63, 3.8) is 0 Å². The molecular weight excluding hydrogens is 198 g/mol. The van der Waals surface area contributed by atoms with Crippen LogP contribution in [0.15, 0.2) is 0 Å². The van der Waals surface area contributed by atoms with Crippen LogP contribution in [0, 0.1) is 11.8 Å². The number of hydrogen-bond donors (Lipinski definition) is 0. The van der Waals surface area contributed by atoms with Crippen molar-refractivity contribution >= 4 is 5.78 Å². The Hall–Kier alpha value is -0.370. The topological polar surface area (TPSA) is 20.3 Å². The van der Waals surface area contributed by atoms with Gasteiger partial charge >= 0.3 is 0 Å². The summed E-state index contributed by atoms with van der Waals surface area (Å²) in [7, 11) is 2.16. The monoisotopic (exact) mass is 223 g/mol. The van der Waals surface area contributed by atoms with Crippen LogP contribution in [-0.2, 0) is 4.79 Å². The van der Waals surface area contributed by atoms with Crippen LogP contribution >= 0.6 is 0 Å². The lowest BCUT2D eigenvalue weighted by Gasteiger charge is -2.30. The molecule has 0 aromatic carbocycles. The summed E-state index contributed by atoms with van der Waals surface area (Å²) < 4.78 is 0. The van der Waals surface area contributed by atoms with Gasteiger partial charge in [-0.2, -0.15) is 0 Å². The summed E-state index contributed by atoms with van der Waals surface area (Å²) in [6.07, 6.45) is 9.80. The van der Waals surface area contributed by atoms with Crippen molar-refractivity contribution in [1.82, 2.24) is 4.90 Å². The van der Waals surface area contributed by atoms with Crippen molar-refractivity contribution in [3.05, 3.63) is 0 Å². The van der Waals surface area contributed by atoms with E-state index in [9.17, 15) is 4.79 Å². The van der Waals surface area contributed by atoms with Gasteiger partial charge in [-0.1, -0.05) is 25.7 Å². The van der Waals surface area contributed by atoms with Gasteiger partial charge in [0, 0.05) is 11.8 Å². The van der Waals surface area contributed by atoms with E-state index >= 15 is 0 Å². The summed E-state index contributed by atoms with van der Waals surface area (Å²) in [5.41, 5.74) is 0. The summed E-state index contributed by atoms with van der Waals surface area (Å²) in [5.74, 6) is 1.41. The second-order valence-electron chi connectivity index (χ2n) is 5.67. The Morgan fingerprint density at radius 3 is 1.94 bits per heavy atom. The molecule has 2 fully saturated rings. The van der Waals surface area contributed by atoms with E-state index in [1.807, 2.05) is 0 Å². The molecule has 16 heavy (non-hydrogen) atoms. The zero-order valence-electron chi connectivity index (χ0n) is 10.6. The van der Waals surface area contributed by atoms with Gasteiger partial charge in [0.05, 0.1) is 0 Å². The molecule has 0 aromatic rings. The smallest absolute Gasteiger partial charge is 0.139 e. The van der Waals surface area contributed by atoms with Gasteiger partial charge < -0.3 is 4.90 Å². The minimum Gasteiger partial charge on any atom is -0.306 e. The fraction of sp³-hybridized carbons (Fsp3) is 0.929. The first-order valence-corrected chi connectivity index (χ1v) is 6.99. The fourth-order valence-corrected chi connectivity index (χ4v) is 3.19. The number of likely N-dealkylation sites (tertiary alicyclic amines) is 1. The van der Waals surface area contributed by atoms with Gasteiger partial charge in [-0.25, -0.2) is 0 Å². The number of hydrogen-bond acceptors (Lipinski definition) is 2. The molecule has 0 radical (unpaired) electrons. The van der Waals surface area contributed by atoms with Gasteiger partial charge in [0.1, 0.15) is 5.78 Å². The zero-order valence-corrected chi connectivity index (χ0v) is 10.6. The van der Waals surface area contributed by atoms with Crippen LogP contribution in [0.3, 0.4) is 0 Å². The molecule has 2 nitrogen and oxygen atoms in total. The maximum atomic E-state index is 12.4. The van der Waals surface area contributed by atoms with E-state index in [0.29, 0.717) is 17.6 Å². The minimum absolute atomic E-state index is 0.388. The van der Waals surface area contributed by atoms with Crippen LogP contribution < -0.4 is 0 Å². The van der Waals surface area contributed by atoms with Crippen LogP contribution in [0.5, 0.6) is 0 Å². The highest BCUT2D eigenvalue weighted by atomic mass is 16.1. The first-order valence-electron chi connectivity index (χ1n) is 6.99. The normalized spacial score (nSPS) is 26.6. The summed E-state index contributed by atoms with van der Waals surface area (Å²) in [5, 5.41) is 0. The average Bonchev–Trinajstić information content (AvgIpc) is 2.57. The SMILES string of the molecule is CN1CCC(C(=O)C2CCCCCC2)CC1. The Morgan fingerprint density at radius 1 is 0.875 bits per heavy atom. The molecule has 1 aliphatic heterocycles. The molecule has 0 atom stereocenters. The lowest BCUT2D eigenvalue weighted by atomic mass is 9.82. The largest absolute Gasteiger partial charge is 0.306 e. The first kappa shape index (κ1) is 12.1. The summed E-state index contributed by atoms with van der Waals surface area (Å²) >= 11 is 0. The van der Waals surface area contributed by atoms with Crippen molar-refractivity contribution in [3.8, 4) is 0 Å². The molecule has 92 valence electrons. The quantitative estimate of drug-likeness (QED) is 0.671. The van der Waals surface area contributed by atoms with Crippen LogP contribution in [0.2, 0.25) is 0 Å². The summed E-state index contributed by atoms with van der Waals surface area (Å²) in [6.45, 7) is 2.23. The average molecular weight is 223 g/mol. The number of nitrogens with zero attached hydrogens (tertiary/aromatic N) is 1. The minimum atomic E-state index is 0.388. The Balaban J connectivity index is 1.85. The van der Waals surface area contributed by atoms with E-state index < -0.39 is 0 Å². The number of piperidine rings is 1. The second kappa shape index (κ2) is 5.81. The van der Waals surface area contributed by atoms with Gasteiger partial charge in [-0.05, 0) is 45.8 Å². The van der Waals surface area contributed by atoms with Crippen molar-refractivity contribution in [2.45, 2.75) is 51.4 Å². The highest BCUT2D eigenvalue weighted by Gasteiger charge is 2.29. The van der Waals surface area contributed by atoms with Crippen LogP contribution in [0.25, 0.3) is 0 Å². The van der Waals surface area contributed by atoms with Crippen molar-refractivity contribution in [2.24, 2.45) is 11.8 Å². The van der Waals surface area contributed by atoms with Crippen molar-refractivity contribution in [2.75, 3.05) is 20.1 Å². The molecule has 2 aliphatic rings. The van der Waals surface area contributed by atoms with Crippen LogP contribution in [0.1, 0.15) is 51.4 Å². The maximum Gasteiger partial charge on any atom is 0.139 e.